The Morgan fingerprint density at radius 1 is 0.867 bits per heavy atom. The number of amides is 5. The van der Waals surface area contributed by atoms with Gasteiger partial charge >= 0.3 is 6.09 Å². The van der Waals surface area contributed by atoms with Crippen molar-refractivity contribution in [3.05, 3.63) is 71.8 Å². The molecule has 244 valence electrons. The molecule has 12 nitrogen and oxygen atoms in total. The molecule has 0 heterocycles. The van der Waals surface area contributed by atoms with Gasteiger partial charge in [0.05, 0.1) is 12.6 Å². The van der Waals surface area contributed by atoms with Gasteiger partial charge in [0.25, 0.3) is 5.91 Å². The number of Topliss-reactive ketones (excluding diaryl/α,β-unsaturated/α-hetero) is 1. The van der Waals surface area contributed by atoms with Crippen molar-refractivity contribution >= 4 is 35.5 Å². The van der Waals surface area contributed by atoms with Crippen LogP contribution in [0.15, 0.2) is 60.7 Å². The highest BCUT2D eigenvalue weighted by molar-refractivity contribution is 6.38. The topological polar surface area (TPSA) is 177 Å². The third-order valence-corrected chi connectivity index (χ3v) is 7.41. The fourth-order valence-electron chi connectivity index (χ4n) is 4.51. The number of likely N-dealkylation sites (N-methyl/N-ethyl adjacent to an activating group) is 1. The summed E-state index contributed by atoms with van der Waals surface area (Å²) in [4.78, 5) is 78.0. The SMILES string of the molecule is CC[C@H](C)C(NC(=O)[C@H](CC(C)C)NC(=O)OCc1ccccc1)C(=O)C(=O)NCC(=O)N(C)[C@@H](Cc1ccccc1)C(N)=O. The molecule has 4 atom stereocenters. The number of benzene rings is 2. The van der Waals surface area contributed by atoms with Crippen LogP contribution in [-0.2, 0) is 41.7 Å². The van der Waals surface area contributed by atoms with Crippen molar-refractivity contribution in [3.8, 4) is 0 Å². The maximum atomic E-state index is 13.3. The molecule has 2 aromatic rings. The molecule has 0 spiro atoms. The summed E-state index contributed by atoms with van der Waals surface area (Å²) in [6, 6.07) is 14.9. The number of nitrogens with one attached hydrogen (secondary N) is 3. The van der Waals surface area contributed by atoms with Crippen LogP contribution in [0.1, 0.15) is 51.7 Å². The quantitative estimate of drug-likeness (QED) is 0.195. The Bertz CT molecular complexity index is 1300. The van der Waals surface area contributed by atoms with Gasteiger partial charge in [0.15, 0.2) is 0 Å². The van der Waals surface area contributed by atoms with Gasteiger partial charge in [-0.15, -0.1) is 0 Å². The molecule has 45 heavy (non-hydrogen) atoms. The minimum Gasteiger partial charge on any atom is -0.445 e. The zero-order valence-corrected chi connectivity index (χ0v) is 26.6. The molecular weight excluding hydrogens is 578 g/mol. The second-order valence-electron chi connectivity index (χ2n) is 11.4. The van der Waals surface area contributed by atoms with Crippen LogP contribution in [0.4, 0.5) is 4.79 Å². The highest BCUT2D eigenvalue weighted by Crippen LogP contribution is 2.13. The van der Waals surface area contributed by atoms with Gasteiger partial charge in [0, 0.05) is 13.5 Å². The van der Waals surface area contributed by atoms with Gasteiger partial charge in [-0.05, 0) is 29.4 Å². The Labute approximate surface area is 264 Å². The standard InChI is InChI=1S/C33H45N5O7/c1-6-22(4)28(37-31(42)25(17-21(2)3)36-33(44)45-20-24-15-11-8-12-16-24)29(40)32(43)35-19-27(39)38(5)26(30(34)41)18-23-13-9-7-10-14-23/h7-16,21-22,25-26,28H,6,17-20H2,1-5H3,(H2,34,41)(H,35,43)(H,36,44)(H,37,42)/t22-,25-,26-,28?/m0/s1. The molecule has 2 rings (SSSR count). The predicted octanol–water partition coefficient (Wildman–Crippen LogP) is 2.10. The Hall–Kier alpha value is -4.74. The number of primary amides is 1. The van der Waals surface area contributed by atoms with E-state index in [9.17, 15) is 28.8 Å². The summed E-state index contributed by atoms with van der Waals surface area (Å²) in [5, 5.41) is 7.50. The van der Waals surface area contributed by atoms with Crippen LogP contribution >= 0.6 is 0 Å². The molecule has 0 bridgehead atoms. The third-order valence-electron chi connectivity index (χ3n) is 7.41. The van der Waals surface area contributed by atoms with Crippen LogP contribution in [0.2, 0.25) is 0 Å². The van der Waals surface area contributed by atoms with Crippen LogP contribution in [0.5, 0.6) is 0 Å². The molecule has 0 saturated carbocycles. The third kappa shape index (κ3) is 12.0. The van der Waals surface area contributed by atoms with E-state index in [1.807, 2.05) is 38.1 Å². The van der Waals surface area contributed by atoms with Crippen molar-refractivity contribution in [1.82, 2.24) is 20.9 Å². The van der Waals surface area contributed by atoms with Gasteiger partial charge in [-0.3, -0.25) is 24.0 Å². The largest absolute Gasteiger partial charge is 0.445 e. The van der Waals surface area contributed by atoms with Gasteiger partial charge in [0.2, 0.25) is 23.5 Å². The summed E-state index contributed by atoms with van der Waals surface area (Å²) in [6.07, 6.45) is 0.0871. The molecule has 12 heteroatoms. The average Bonchev–Trinajstić information content (AvgIpc) is 3.02. The molecule has 2 aromatic carbocycles. The van der Waals surface area contributed by atoms with Crippen molar-refractivity contribution in [2.24, 2.45) is 17.6 Å². The Morgan fingerprint density at radius 2 is 1.44 bits per heavy atom. The van der Waals surface area contributed by atoms with Crippen molar-refractivity contribution in [1.29, 1.82) is 0 Å². The smallest absolute Gasteiger partial charge is 0.408 e. The van der Waals surface area contributed by atoms with E-state index in [0.29, 0.717) is 6.42 Å². The minimum absolute atomic E-state index is 0.00495. The van der Waals surface area contributed by atoms with Gasteiger partial charge in [-0.25, -0.2) is 4.79 Å². The van der Waals surface area contributed by atoms with Crippen LogP contribution in [-0.4, -0.2) is 72.1 Å². The van der Waals surface area contributed by atoms with Crippen LogP contribution in [0, 0.1) is 11.8 Å². The highest BCUT2D eigenvalue weighted by atomic mass is 16.5. The molecule has 0 saturated heterocycles. The van der Waals surface area contributed by atoms with Crippen molar-refractivity contribution in [3.63, 3.8) is 0 Å². The number of ketones is 1. The molecule has 5 N–H and O–H groups in total. The number of carbonyl (C=O) groups is 6. The Kier molecular flexibility index (Phi) is 14.7. The Balaban J connectivity index is 2.04. The fourth-order valence-corrected chi connectivity index (χ4v) is 4.51. The molecular formula is C33H45N5O7. The molecule has 5 amide bonds. The van der Waals surface area contributed by atoms with Crippen LogP contribution in [0.3, 0.4) is 0 Å². The minimum atomic E-state index is -1.22. The summed E-state index contributed by atoms with van der Waals surface area (Å²) in [5.74, 6) is -4.45. The summed E-state index contributed by atoms with van der Waals surface area (Å²) in [6.45, 7) is 6.70. The van der Waals surface area contributed by atoms with E-state index in [2.05, 4.69) is 16.0 Å². The molecule has 0 fully saturated rings. The number of hydrogen-bond donors (Lipinski definition) is 4. The van der Waals surface area contributed by atoms with E-state index in [0.717, 1.165) is 16.0 Å². The van der Waals surface area contributed by atoms with Crippen LogP contribution < -0.4 is 21.7 Å². The zero-order chi connectivity index (χ0) is 33.5. The number of nitrogens with two attached hydrogens (primary N) is 1. The number of nitrogens with zero attached hydrogens (tertiary/aromatic N) is 1. The van der Waals surface area contributed by atoms with E-state index < -0.39 is 66.1 Å². The molecule has 0 radical (unpaired) electrons. The zero-order valence-electron chi connectivity index (χ0n) is 26.6. The molecule has 1 unspecified atom stereocenters. The number of ether oxygens (including phenoxy) is 1. The maximum absolute atomic E-state index is 13.3. The summed E-state index contributed by atoms with van der Waals surface area (Å²) < 4.78 is 5.26. The lowest BCUT2D eigenvalue weighted by Gasteiger charge is -2.27. The first kappa shape index (κ1) is 36.5. The van der Waals surface area contributed by atoms with Crippen molar-refractivity contribution in [2.45, 2.75) is 71.7 Å². The molecule has 0 aliphatic rings. The Morgan fingerprint density at radius 3 is 1.98 bits per heavy atom. The van der Waals surface area contributed by atoms with Crippen LogP contribution in [0.25, 0.3) is 0 Å². The van der Waals surface area contributed by atoms with Gasteiger partial charge < -0.3 is 31.3 Å². The van der Waals surface area contributed by atoms with Gasteiger partial charge in [0.1, 0.15) is 18.7 Å². The lowest BCUT2D eigenvalue weighted by Crippen LogP contribution is -2.57. The van der Waals surface area contributed by atoms with E-state index in [-0.39, 0.29) is 25.4 Å². The maximum Gasteiger partial charge on any atom is 0.408 e. The van der Waals surface area contributed by atoms with Crippen molar-refractivity contribution < 1.29 is 33.5 Å². The second-order valence-corrected chi connectivity index (χ2v) is 11.4. The van der Waals surface area contributed by atoms with Gasteiger partial charge in [-0.1, -0.05) is 94.8 Å². The number of alkyl carbamates (subject to hydrolysis) is 1. The normalized spacial score (nSPS) is 13.5. The molecule has 0 aliphatic carbocycles. The lowest BCUT2D eigenvalue weighted by atomic mass is 9.94. The van der Waals surface area contributed by atoms with E-state index in [1.165, 1.54) is 7.05 Å². The average molecular weight is 624 g/mol. The summed E-state index contributed by atoms with van der Waals surface area (Å²) in [7, 11) is 1.39. The number of carbonyl (C=O) groups excluding carboxylic acids is 6. The van der Waals surface area contributed by atoms with E-state index in [4.69, 9.17) is 10.5 Å². The number of rotatable bonds is 17. The summed E-state index contributed by atoms with van der Waals surface area (Å²) >= 11 is 0. The molecule has 0 aromatic heterocycles. The summed E-state index contributed by atoms with van der Waals surface area (Å²) in [5.41, 5.74) is 7.11. The van der Waals surface area contributed by atoms with E-state index in [1.54, 1.807) is 50.2 Å². The number of hydrogen-bond acceptors (Lipinski definition) is 7. The fraction of sp³-hybridized carbons (Fsp3) is 0.455. The van der Waals surface area contributed by atoms with Crippen molar-refractivity contribution in [2.75, 3.05) is 13.6 Å². The first-order valence-corrected chi connectivity index (χ1v) is 15.0. The van der Waals surface area contributed by atoms with Gasteiger partial charge in [-0.2, -0.15) is 0 Å². The van der Waals surface area contributed by atoms with E-state index >= 15 is 0 Å². The predicted molar refractivity (Wildman–Crippen MR) is 168 cm³/mol. The highest BCUT2D eigenvalue weighted by Gasteiger charge is 2.34. The second kappa shape index (κ2) is 18.2. The molecule has 0 aliphatic heterocycles. The first-order chi connectivity index (χ1) is 21.3. The first-order valence-electron chi connectivity index (χ1n) is 15.0. The monoisotopic (exact) mass is 623 g/mol. The lowest BCUT2D eigenvalue weighted by molar-refractivity contribution is -0.143.